The van der Waals surface area contributed by atoms with E-state index in [-0.39, 0.29) is 18.0 Å². The van der Waals surface area contributed by atoms with E-state index in [0.717, 1.165) is 51.7 Å². The zero-order valence-electron chi connectivity index (χ0n) is 14.3. The second kappa shape index (κ2) is 5.80. The molecule has 5 nitrogen and oxygen atoms in total. The molecule has 3 aliphatic heterocycles. The highest BCUT2D eigenvalue weighted by molar-refractivity contribution is 6.07. The first kappa shape index (κ1) is 15.5. The predicted octanol–water partition coefficient (Wildman–Crippen LogP) is 2.86. The van der Waals surface area contributed by atoms with Crippen LogP contribution in [0.15, 0.2) is 30.3 Å². The highest BCUT2D eigenvalue weighted by Gasteiger charge is 2.60. The molecule has 128 valence electrons. The molecule has 0 bridgehead atoms. The summed E-state index contributed by atoms with van der Waals surface area (Å²) in [6.07, 6.45) is 4.37. The lowest BCUT2D eigenvalue weighted by Gasteiger charge is -2.28. The first-order chi connectivity index (χ1) is 11.7. The fourth-order valence-corrected chi connectivity index (χ4v) is 4.75. The molecule has 0 unspecified atom stereocenters. The maximum absolute atomic E-state index is 13.2. The third-order valence-corrected chi connectivity index (χ3v) is 5.86. The number of imide groups is 1. The lowest BCUT2D eigenvalue weighted by Crippen LogP contribution is -2.46. The van der Waals surface area contributed by atoms with Crippen LogP contribution in [0.25, 0.3) is 0 Å². The Morgan fingerprint density at radius 3 is 2.71 bits per heavy atom. The van der Waals surface area contributed by atoms with Gasteiger partial charge in [0.2, 0.25) is 0 Å². The monoisotopic (exact) mass is 327 g/mol. The maximum Gasteiger partial charge on any atom is 0.327 e. The molecule has 2 atom stereocenters. The molecule has 1 aromatic rings. The number of carbonyl (C=O) groups is 2. The van der Waals surface area contributed by atoms with Gasteiger partial charge < -0.3 is 9.80 Å². The summed E-state index contributed by atoms with van der Waals surface area (Å²) in [6, 6.07) is 10.2. The Hall–Kier alpha value is -2.04. The number of anilines is 1. The van der Waals surface area contributed by atoms with Crippen molar-refractivity contribution in [1.29, 1.82) is 0 Å². The molecule has 3 fully saturated rings. The molecular formula is C19H25N3O2. The minimum absolute atomic E-state index is 0.00420. The summed E-state index contributed by atoms with van der Waals surface area (Å²) in [7, 11) is 0. The molecule has 0 N–H and O–H groups in total. The third-order valence-electron chi connectivity index (χ3n) is 5.86. The van der Waals surface area contributed by atoms with E-state index < -0.39 is 5.54 Å². The largest absolute Gasteiger partial charge is 0.369 e. The summed E-state index contributed by atoms with van der Waals surface area (Å²) in [6.45, 7) is 4.47. The summed E-state index contributed by atoms with van der Waals surface area (Å²) in [5.41, 5.74) is 0.634. The number of benzene rings is 1. The number of nitrogens with zero attached hydrogens (tertiary/aromatic N) is 3. The van der Waals surface area contributed by atoms with Crippen molar-refractivity contribution in [3.8, 4) is 0 Å². The number of rotatable bonds is 4. The van der Waals surface area contributed by atoms with Crippen LogP contribution in [-0.2, 0) is 4.79 Å². The lowest BCUT2D eigenvalue weighted by molar-refractivity contribution is -0.134. The van der Waals surface area contributed by atoms with Crippen molar-refractivity contribution in [2.24, 2.45) is 0 Å². The summed E-state index contributed by atoms with van der Waals surface area (Å²) >= 11 is 0. The highest BCUT2D eigenvalue weighted by atomic mass is 16.2. The molecule has 3 aliphatic rings. The van der Waals surface area contributed by atoms with Gasteiger partial charge in [-0.1, -0.05) is 31.5 Å². The normalized spacial score (nSPS) is 29.7. The van der Waals surface area contributed by atoms with Crippen molar-refractivity contribution in [1.82, 2.24) is 9.80 Å². The second-order valence-electron chi connectivity index (χ2n) is 7.22. The van der Waals surface area contributed by atoms with E-state index in [1.165, 1.54) is 5.69 Å². The van der Waals surface area contributed by atoms with Crippen LogP contribution in [0.5, 0.6) is 0 Å². The van der Waals surface area contributed by atoms with Gasteiger partial charge in [0.15, 0.2) is 0 Å². The van der Waals surface area contributed by atoms with E-state index >= 15 is 0 Å². The first-order valence-corrected chi connectivity index (χ1v) is 9.12. The van der Waals surface area contributed by atoms with Crippen molar-refractivity contribution >= 4 is 17.6 Å². The fraction of sp³-hybridized carbons (Fsp3) is 0.579. The zero-order valence-corrected chi connectivity index (χ0v) is 14.3. The summed E-state index contributed by atoms with van der Waals surface area (Å²) in [5.74, 6) is 0.0618. The highest BCUT2D eigenvalue weighted by Crippen LogP contribution is 2.42. The van der Waals surface area contributed by atoms with E-state index in [1.54, 1.807) is 4.90 Å². The summed E-state index contributed by atoms with van der Waals surface area (Å²) in [4.78, 5) is 31.8. The quantitative estimate of drug-likeness (QED) is 0.799. The second-order valence-corrected chi connectivity index (χ2v) is 7.22. The molecule has 1 aromatic carbocycles. The van der Waals surface area contributed by atoms with Gasteiger partial charge in [0.1, 0.15) is 5.54 Å². The molecule has 0 aromatic heterocycles. The molecule has 0 aliphatic carbocycles. The number of urea groups is 1. The lowest BCUT2D eigenvalue weighted by atomic mass is 9.90. The minimum Gasteiger partial charge on any atom is -0.369 e. The van der Waals surface area contributed by atoms with Crippen LogP contribution in [0.2, 0.25) is 0 Å². The summed E-state index contributed by atoms with van der Waals surface area (Å²) in [5, 5.41) is 0. The van der Waals surface area contributed by atoms with Gasteiger partial charge >= 0.3 is 6.03 Å². The minimum atomic E-state index is -0.536. The topological polar surface area (TPSA) is 43.9 Å². The molecule has 0 saturated carbocycles. The molecular weight excluding hydrogens is 302 g/mol. The van der Waals surface area contributed by atoms with Gasteiger partial charge in [0, 0.05) is 25.3 Å². The number of carbonyl (C=O) groups excluding carboxylic acids is 2. The van der Waals surface area contributed by atoms with Gasteiger partial charge in [0.05, 0.1) is 6.04 Å². The van der Waals surface area contributed by atoms with Crippen molar-refractivity contribution < 1.29 is 9.59 Å². The van der Waals surface area contributed by atoms with E-state index in [4.69, 9.17) is 0 Å². The van der Waals surface area contributed by atoms with Crippen LogP contribution in [0, 0.1) is 0 Å². The molecule has 4 rings (SSSR count). The molecule has 3 saturated heterocycles. The Balaban J connectivity index is 1.55. The number of para-hydroxylation sites is 1. The van der Waals surface area contributed by atoms with E-state index in [1.807, 2.05) is 23.1 Å². The predicted molar refractivity (Wildman–Crippen MR) is 92.9 cm³/mol. The van der Waals surface area contributed by atoms with E-state index in [2.05, 4.69) is 24.0 Å². The SMILES string of the molecule is CCC[C@@]12CCCN1C(=O)N([C@H]1CCN(c3ccccc3)C1)C2=O. The average Bonchev–Trinajstić information content (AvgIpc) is 3.27. The van der Waals surface area contributed by atoms with Crippen LogP contribution in [0.1, 0.15) is 39.0 Å². The van der Waals surface area contributed by atoms with Crippen LogP contribution in [0.3, 0.4) is 0 Å². The zero-order chi connectivity index (χ0) is 16.7. The smallest absolute Gasteiger partial charge is 0.327 e. The molecule has 3 heterocycles. The molecule has 0 radical (unpaired) electrons. The van der Waals surface area contributed by atoms with Crippen LogP contribution >= 0.6 is 0 Å². The van der Waals surface area contributed by atoms with Gasteiger partial charge in [-0.05, 0) is 37.8 Å². The van der Waals surface area contributed by atoms with Crippen molar-refractivity contribution in [3.63, 3.8) is 0 Å². The first-order valence-electron chi connectivity index (χ1n) is 9.12. The fourth-order valence-electron chi connectivity index (χ4n) is 4.75. The van der Waals surface area contributed by atoms with Gasteiger partial charge in [-0.2, -0.15) is 0 Å². The van der Waals surface area contributed by atoms with E-state index in [0.29, 0.717) is 0 Å². The van der Waals surface area contributed by atoms with Gasteiger partial charge in [-0.25, -0.2) is 4.79 Å². The Morgan fingerprint density at radius 1 is 1.17 bits per heavy atom. The van der Waals surface area contributed by atoms with Crippen molar-refractivity contribution in [2.75, 3.05) is 24.5 Å². The van der Waals surface area contributed by atoms with Crippen LogP contribution < -0.4 is 4.90 Å². The standard InChI is InChI=1S/C19H25N3O2/c1-2-10-19-11-6-12-21(19)18(24)22(17(19)23)16-9-13-20(14-16)15-7-4-3-5-8-15/h3-5,7-8,16H,2,6,9-14H2,1H3/t16-,19-/m0/s1. The number of hydrogen-bond donors (Lipinski definition) is 0. The Bertz CT molecular complexity index is 647. The Labute approximate surface area is 143 Å². The van der Waals surface area contributed by atoms with Crippen LogP contribution in [0.4, 0.5) is 10.5 Å². The molecule has 5 heteroatoms. The van der Waals surface area contributed by atoms with Gasteiger partial charge in [0.25, 0.3) is 5.91 Å². The van der Waals surface area contributed by atoms with Gasteiger partial charge in [-0.15, -0.1) is 0 Å². The Morgan fingerprint density at radius 2 is 1.96 bits per heavy atom. The number of fused-ring (bicyclic) bond motifs is 1. The van der Waals surface area contributed by atoms with E-state index in [9.17, 15) is 9.59 Å². The van der Waals surface area contributed by atoms with Gasteiger partial charge in [-0.3, -0.25) is 9.69 Å². The van der Waals surface area contributed by atoms with Crippen molar-refractivity contribution in [2.45, 2.75) is 50.6 Å². The number of hydrogen-bond acceptors (Lipinski definition) is 3. The van der Waals surface area contributed by atoms with Crippen LogP contribution in [-0.4, -0.2) is 53.0 Å². The Kier molecular flexibility index (Phi) is 3.74. The molecule has 24 heavy (non-hydrogen) atoms. The molecule has 3 amide bonds. The summed E-state index contributed by atoms with van der Waals surface area (Å²) < 4.78 is 0. The number of amides is 3. The van der Waals surface area contributed by atoms with Crippen molar-refractivity contribution in [3.05, 3.63) is 30.3 Å². The molecule has 0 spiro atoms. The average molecular weight is 327 g/mol. The maximum atomic E-state index is 13.2. The third kappa shape index (κ3) is 2.14.